The molecule has 2 aromatic rings. The van der Waals surface area contributed by atoms with E-state index in [0.29, 0.717) is 5.56 Å². The molecule has 0 saturated carbocycles. The van der Waals surface area contributed by atoms with Gasteiger partial charge in [0.1, 0.15) is 5.75 Å². The Morgan fingerprint density at radius 3 is 2.40 bits per heavy atom. The molecule has 0 aliphatic carbocycles. The van der Waals surface area contributed by atoms with Crippen LogP contribution in [0.1, 0.15) is 10.4 Å². The number of carbonyl (C=O) groups excluding carboxylic acids is 1. The van der Waals surface area contributed by atoms with Crippen LogP contribution < -0.4 is 10.5 Å². The summed E-state index contributed by atoms with van der Waals surface area (Å²) in [4.78, 5) is 13.5. The van der Waals surface area contributed by atoms with Gasteiger partial charge in [-0.25, -0.2) is 0 Å². The highest BCUT2D eigenvalue weighted by molar-refractivity contribution is 7.99. The number of hydrogen-bond acceptors (Lipinski definition) is 4. The number of Topliss-reactive ketones (excluding diaryl/α,β-unsaturated/α-hetero) is 1. The molecule has 0 bridgehead atoms. The molecule has 5 heteroatoms. The predicted octanol–water partition coefficient (Wildman–Crippen LogP) is 3.41. The zero-order valence-corrected chi connectivity index (χ0v) is 12.7. The molecule has 0 amide bonds. The fourth-order valence-corrected chi connectivity index (χ4v) is 2.58. The third-order valence-corrected chi connectivity index (χ3v) is 3.72. The number of carbonyl (C=O) groups is 1. The van der Waals surface area contributed by atoms with Crippen LogP contribution in [0.2, 0.25) is 0 Å². The lowest BCUT2D eigenvalue weighted by molar-refractivity contribution is 0.100. The first-order valence-corrected chi connectivity index (χ1v) is 6.70. The van der Waals surface area contributed by atoms with Crippen molar-refractivity contribution in [1.82, 2.24) is 0 Å². The van der Waals surface area contributed by atoms with Crippen molar-refractivity contribution in [3.05, 3.63) is 54.1 Å². The van der Waals surface area contributed by atoms with Crippen LogP contribution in [-0.4, -0.2) is 19.4 Å². The Labute approximate surface area is 128 Å². The maximum Gasteiger partial charge on any atom is 0.176 e. The van der Waals surface area contributed by atoms with E-state index in [0.717, 1.165) is 15.5 Å². The van der Waals surface area contributed by atoms with Crippen LogP contribution in [0, 0.1) is 0 Å². The largest absolute Gasteiger partial charge is 0.496 e. The molecule has 0 aromatic heterocycles. The number of methoxy groups -OCH3 is 1. The summed E-state index contributed by atoms with van der Waals surface area (Å²) in [6.45, 7) is 0.0407. The fraction of sp³-hybridized carbons (Fsp3) is 0.133. The summed E-state index contributed by atoms with van der Waals surface area (Å²) in [5, 5.41) is 0. The monoisotopic (exact) mass is 309 g/mol. The molecular weight excluding hydrogens is 294 g/mol. The number of benzene rings is 2. The van der Waals surface area contributed by atoms with E-state index >= 15 is 0 Å². The molecule has 2 rings (SSSR count). The standard InChI is InChI=1S/C15H15NO2S.ClH/c1-18-14-4-2-3-5-15(14)19-12-8-6-11(7-9-12)13(17)10-16;/h2-9H,10,16H2,1H3;1H. The molecule has 0 heterocycles. The van der Waals surface area contributed by atoms with Gasteiger partial charge in [0.05, 0.1) is 18.6 Å². The molecule has 106 valence electrons. The summed E-state index contributed by atoms with van der Waals surface area (Å²) in [6.07, 6.45) is 0. The zero-order chi connectivity index (χ0) is 13.7. The van der Waals surface area contributed by atoms with Gasteiger partial charge in [0, 0.05) is 10.5 Å². The zero-order valence-electron chi connectivity index (χ0n) is 11.0. The highest BCUT2D eigenvalue weighted by atomic mass is 35.5. The van der Waals surface area contributed by atoms with Crippen LogP contribution in [0.4, 0.5) is 0 Å². The molecule has 3 nitrogen and oxygen atoms in total. The van der Waals surface area contributed by atoms with E-state index in [9.17, 15) is 4.79 Å². The van der Waals surface area contributed by atoms with Crippen LogP contribution in [0.5, 0.6) is 5.75 Å². The predicted molar refractivity (Wildman–Crippen MR) is 84.2 cm³/mol. The summed E-state index contributed by atoms with van der Waals surface area (Å²) < 4.78 is 5.31. The second-order valence-electron chi connectivity index (χ2n) is 3.90. The molecule has 0 atom stereocenters. The number of halogens is 1. The molecule has 0 fully saturated rings. The minimum atomic E-state index is -0.0474. The summed E-state index contributed by atoms with van der Waals surface area (Å²) >= 11 is 1.60. The van der Waals surface area contributed by atoms with E-state index in [-0.39, 0.29) is 24.7 Å². The van der Waals surface area contributed by atoms with Crippen molar-refractivity contribution < 1.29 is 9.53 Å². The SMILES string of the molecule is COc1ccccc1Sc1ccc(C(=O)CN)cc1.Cl. The van der Waals surface area contributed by atoms with Gasteiger partial charge in [0.15, 0.2) is 5.78 Å². The first kappa shape index (κ1) is 16.6. The normalized spacial score (nSPS) is 9.70. The van der Waals surface area contributed by atoms with Gasteiger partial charge in [-0.3, -0.25) is 4.79 Å². The van der Waals surface area contributed by atoms with Crippen molar-refractivity contribution in [2.24, 2.45) is 5.73 Å². The third-order valence-electron chi connectivity index (χ3n) is 2.66. The Bertz CT molecular complexity index is 572. The topological polar surface area (TPSA) is 52.3 Å². The number of ketones is 1. The van der Waals surface area contributed by atoms with Gasteiger partial charge in [-0.05, 0) is 24.3 Å². The second kappa shape index (κ2) is 7.94. The Morgan fingerprint density at radius 1 is 1.15 bits per heavy atom. The number of nitrogens with two attached hydrogens (primary N) is 1. The molecule has 2 N–H and O–H groups in total. The minimum Gasteiger partial charge on any atom is -0.496 e. The highest BCUT2D eigenvalue weighted by Gasteiger charge is 2.06. The van der Waals surface area contributed by atoms with Crippen LogP contribution in [0.15, 0.2) is 58.3 Å². The van der Waals surface area contributed by atoms with Crippen molar-refractivity contribution in [3.8, 4) is 5.75 Å². The number of rotatable bonds is 5. The van der Waals surface area contributed by atoms with E-state index in [4.69, 9.17) is 10.5 Å². The van der Waals surface area contributed by atoms with E-state index in [1.165, 1.54) is 0 Å². The maximum atomic E-state index is 11.4. The Morgan fingerprint density at radius 2 is 1.80 bits per heavy atom. The molecule has 0 saturated heterocycles. The molecule has 0 aliphatic heterocycles. The molecule has 2 aromatic carbocycles. The lowest BCUT2D eigenvalue weighted by Crippen LogP contribution is -2.13. The summed E-state index contributed by atoms with van der Waals surface area (Å²) in [5.41, 5.74) is 5.98. The quantitative estimate of drug-likeness (QED) is 0.860. The first-order valence-electron chi connectivity index (χ1n) is 5.89. The van der Waals surface area contributed by atoms with Crippen molar-refractivity contribution in [2.45, 2.75) is 9.79 Å². The second-order valence-corrected chi connectivity index (χ2v) is 5.02. The van der Waals surface area contributed by atoms with Crippen LogP contribution in [0.3, 0.4) is 0 Å². The van der Waals surface area contributed by atoms with Crippen molar-refractivity contribution in [3.63, 3.8) is 0 Å². The summed E-state index contributed by atoms with van der Waals surface area (Å²) in [6, 6.07) is 15.3. The van der Waals surface area contributed by atoms with Gasteiger partial charge >= 0.3 is 0 Å². The Kier molecular flexibility index (Phi) is 6.58. The number of ether oxygens (including phenoxy) is 1. The molecular formula is C15H16ClNO2S. The van der Waals surface area contributed by atoms with Crippen LogP contribution >= 0.6 is 24.2 Å². The van der Waals surface area contributed by atoms with Gasteiger partial charge < -0.3 is 10.5 Å². The van der Waals surface area contributed by atoms with E-state index in [1.54, 1.807) is 31.0 Å². The van der Waals surface area contributed by atoms with E-state index in [2.05, 4.69) is 0 Å². The number of para-hydroxylation sites is 1. The minimum absolute atomic E-state index is 0. The first-order chi connectivity index (χ1) is 9.24. The number of hydrogen-bond donors (Lipinski definition) is 1. The highest BCUT2D eigenvalue weighted by Crippen LogP contribution is 2.34. The van der Waals surface area contributed by atoms with E-state index in [1.807, 2.05) is 36.4 Å². The average molecular weight is 310 g/mol. The molecule has 0 radical (unpaired) electrons. The third kappa shape index (κ3) is 4.00. The van der Waals surface area contributed by atoms with Gasteiger partial charge in [-0.1, -0.05) is 36.0 Å². The maximum absolute atomic E-state index is 11.4. The van der Waals surface area contributed by atoms with Gasteiger partial charge in [-0.15, -0.1) is 12.4 Å². The Hall–Kier alpha value is -1.49. The molecule has 0 aliphatic rings. The smallest absolute Gasteiger partial charge is 0.176 e. The van der Waals surface area contributed by atoms with Crippen molar-refractivity contribution >= 4 is 30.0 Å². The van der Waals surface area contributed by atoms with Gasteiger partial charge in [-0.2, -0.15) is 0 Å². The summed E-state index contributed by atoms with van der Waals surface area (Å²) in [5.74, 6) is 0.795. The van der Waals surface area contributed by atoms with Crippen molar-refractivity contribution in [1.29, 1.82) is 0 Å². The molecule has 0 unspecified atom stereocenters. The fourth-order valence-electron chi connectivity index (χ4n) is 1.66. The van der Waals surface area contributed by atoms with E-state index < -0.39 is 0 Å². The summed E-state index contributed by atoms with van der Waals surface area (Å²) in [7, 11) is 1.66. The molecule has 20 heavy (non-hydrogen) atoms. The Balaban J connectivity index is 0.00000200. The van der Waals surface area contributed by atoms with Crippen LogP contribution in [-0.2, 0) is 0 Å². The molecule has 0 spiro atoms. The van der Waals surface area contributed by atoms with Gasteiger partial charge in [0.2, 0.25) is 0 Å². The lowest BCUT2D eigenvalue weighted by atomic mass is 10.1. The lowest BCUT2D eigenvalue weighted by Gasteiger charge is -2.07. The average Bonchev–Trinajstić information content (AvgIpc) is 2.48. The van der Waals surface area contributed by atoms with Crippen molar-refractivity contribution in [2.75, 3.05) is 13.7 Å². The van der Waals surface area contributed by atoms with Crippen LogP contribution in [0.25, 0.3) is 0 Å². The van der Waals surface area contributed by atoms with Gasteiger partial charge in [0.25, 0.3) is 0 Å².